The van der Waals surface area contributed by atoms with E-state index in [1.807, 2.05) is 48.5 Å². The zero-order valence-electron chi connectivity index (χ0n) is 9.03. The molecule has 2 heteroatoms. The Bertz CT molecular complexity index is 767. The average Bonchev–Trinajstić information content (AvgIpc) is 2.88. The highest BCUT2D eigenvalue weighted by atomic mass is 16.1. The van der Waals surface area contributed by atoms with Gasteiger partial charge in [-0.3, -0.25) is 4.79 Å². The molecular formula is C15H9NO. The smallest absolute Gasteiger partial charge is 0.196 e. The van der Waals surface area contributed by atoms with Crippen LogP contribution in [0.4, 0.5) is 0 Å². The molecule has 0 bridgehead atoms. The number of hydrogen-bond donors (Lipinski definition) is 1. The van der Waals surface area contributed by atoms with Gasteiger partial charge >= 0.3 is 0 Å². The van der Waals surface area contributed by atoms with E-state index in [2.05, 4.69) is 4.98 Å². The summed E-state index contributed by atoms with van der Waals surface area (Å²) in [6, 6.07) is 15.7. The van der Waals surface area contributed by atoms with Crippen LogP contribution in [-0.2, 0) is 0 Å². The molecule has 2 nitrogen and oxygen atoms in total. The van der Waals surface area contributed by atoms with Gasteiger partial charge in [0.25, 0.3) is 0 Å². The first kappa shape index (κ1) is 8.76. The average molecular weight is 219 g/mol. The van der Waals surface area contributed by atoms with Gasteiger partial charge in [-0.1, -0.05) is 42.5 Å². The van der Waals surface area contributed by atoms with E-state index < -0.39 is 0 Å². The lowest BCUT2D eigenvalue weighted by Crippen LogP contribution is -1.94. The summed E-state index contributed by atoms with van der Waals surface area (Å²) in [5, 5.41) is 1.02. The van der Waals surface area contributed by atoms with E-state index in [1.165, 1.54) is 0 Å². The third-order valence-electron chi connectivity index (χ3n) is 3.37. The maximum absolute atomic E-state index is 12.3. The first-order chi connectivity index (χ1) is 8.36. The van der Waals surface area contributed by atoms with Crippen LogP contribution in [0.3, 0.4) is 0 Å². The number of aromatic amines is 1. The molecule has 1 heterocycles. The Kier molecular flexibility index (Phi) is 1.47. The predicted molar refractivity (Wildman–Crippen MR) is 67.2 cm³/mol. The van der Waals surface area contributed by atoms with Crippen molar-refractivity contribution >= 4 is 16.7 Å². The molecule has 3 aromatic rings. The lowest BCUT2D eigenvalue weighted by atomic mass is 10.1. The number of aromatic nitrogens is 1. The number of carbonyl (C=O) groups excluding carboxylic acids is 1. The van der Waals surface area contributed by atoms with Gasteiger partial charge in [0.2, 0.25) is 0 Å². The fraction of sp³-hybridized carbons (Fsp3) is 0. The summed E-state index contributed by atoms with van der Waals surface area (Å²) < 4.78 is 0. The lowest BCUT2D eigenvalue weighted by molar-refractivity contribution is 0.104. The van der Waals surface area contributed by atoms with Crippen molar-refractivity contribution in [2.24, 2.45) is 0 Å². The largest absolute Gasteiger partial charge is 0.354 e. The number of carbonyl (C=O) groups is 1. The highest BCUT2D eigenvalue weighted by Crippen LogP contribution is 2.39. The number of nitrogens with one attached hydrogen (secondary N) is 1. The van der Waals surface area contributed by atoms with Crippen molar-refractivity contribution in [2.75, 3.05) is 0 Å². The Balaban J connectivity index is 2.19. The highest BCUT2D eigenvalue weighted by molar-refractivity contribution is 6.27. The van der Waals surface area contributed by atoms with Crippen molar-refractivity contribution in [1.29, 1.82) is 0 Å². The third kappa shape index (κ3) is 0.972. The summed E-state index contributed by atoms with van der Waals surface area (Å²) in [4.78, 5) is 15.7. The number of ketones is 1. The van der Waals surface area contributed by atoms with Gasteiger partial charge in [0, 0.05) is 22.0 Å². The number of fused-ring (bicyclic) bond motifs is 5. The van der Waals surface area contributed by atoms with Gasteiger partial charge in [-0.15, -0.1) is 0 Å². The van der Waals surface area contributed by atoms with E-state index in [4.69, 9.17) is 0 Å². The topological polar surface area (TPSA) is 32.9 Å². The van der Waals surface area contributed by atoms with Crippen LogP contribution in [0.5, 0.6) is 0 Å². The molecular weight excluding hydrogens is 210 g/mol. The molecule has 17 heavy (non-hydrogen) atoms. The molecule has 0 spiro atoms. The van der Waals surface area contributed by atoms with E-state index in [0.717, 1.165) is 33.3 Å². The molecule has 4 rings (SSSR count). The maximum atomic E-state index is 12.3. The molecule has 0 fully saturated rings. The normalized spacial score (nSPS) is 12.8. The van der Waals surface area contributed by atoms with Gasteiger partial charge in [-0.25, -0.2) is 0 Å². The number of benzene rings is 2. The second-order valence-electron chi connectivity index (χ2n) is 4.30. The summed E-state index contributed by atoms with van der Waals surface area (Å²) in [5.41, 5.74) is 4.64. The van der Waals surface area contributed by atoms with Gasteiger partial charge in [0.1, 0.15) is 0 Å². The van der Waals surface area contributed by atoms with Crippen molar-refractivity contribution in [1.82, 2.24) is 4.98 Å². The molecule has 2 aromatic carbocycles. The van der Waals surface area contributed by atoms with Crippen LogP contribution < -0.4 is 0 Å². The molecule has 1 aromatic heterocycles. The first-order valence-electron chi connectivity index (χ1n) is 5.61. The quantitative estimate of drug-likeness (QED) is 0.483. The molecule has 0 saturated heterocycles. The van der Waals surface area contributed by atoms with Crippen LogP contribution in [0.15, 0.2) is 48.5 Å². The number of rotatable bonds is 0. The first-order valence-corrected chi connectivity index (χ1v) is 5.61. The van der Waals surface area contributed by atoms with Gasteiger partial charge in [0.15, 0.2) is 5.78 Å². The van der Waals surface area contributed by atoms with Gasteiger partial charge < -0.3 is 4.98 Å². The molecule has 0 unspecified atom stereocenters. The molecule has 0 amide bonds. The van der Waals surface area contributed by atoms with Crippen molar-refractivity contribution in [3.05, 3.63) is 59.7 Å². The van der Waals surface area contributed by atoms with Crippen LogP contribution in [0.2, 0.25) is 0 Å². The van der Waals surface area contributed by atoms with Crippen LogP contribution in [0, 0.1) is 0 Å². The zero-order chi connectivity index (χ0) is 11.4. The van der Waals surface area contributed by atoms with Crippen molar-refractivity contribution in [3.8, 4) is 11.3 Å². The molecule has 1 N–H and O–H groups in total. The Labute approximate surface area is 97.9 Å². The number of para-hydroxylation sites is 1. The summed E-state index contributed by atoms with van der Waals surface area (Å²) >= 11 is 0. The second-order valence-corrected chi connectivity index (χ2v) is 4.30. The summed E-state index contributed by atoms with van der Waals surface area (Å²) in [6.07, 6.45) is 0. The maximum Gasteiger partial charge on any atom is 0.196 e. The molecule has 0 saturated carbocycles. The van der Waals surface area contributed by atoms with Gasteiger partial charge in [-0.2, -0.15) is 0 Å². The summed E-state index contributed by atoms with van der Waals surface area (Å²) in [6.45, 7) is 0. The van der Waals surface area contributed by atoms with Gasteiger partial charge in [0.05, 0.1) is 11.3 Å². The Morgan fingerprint density at radius 2 is 1.53 bits per heavy atom. The summed E-state index contributed by atoms with van der Waals surface area (Å²) in [5.74, 6) is 0.132. The zero-order valence-corrected chi connectivity index (χ0v) is 9.03. The van der Waals surface area contributed by atoms with E-state index in [1.54, 1.807) is 0 Å². The monoisotopic (exact) mass is 219 g/mol. The van der Waals surface area contributed by atoms with E-state index >= 15 is 0 Å². The molecule has 1 aliphatic rings. The number of hydrogen-bond acceptors (Lipinski definition) is 1. The third-order valence-corrected chi connectivity index (χ3v) is 3.37. The fourth-order valence-electron chi connectivity index (χ4n) is 2.61. The highest BCUT2D eigenvalue weighted by Gasteiger charge is 2.29. The van der Waals surface area contributed by atoms with Crippen molar-refractivity contribution < 1.29 is 4.79 Å². The minimum Gasteiger partial charge on any atom is -0.354 e. The Morgan fingerprint density at radius 1 is 0.824 bits per heavy atom. The van der Waals surface area contributed by atoms with Crippen molar-refractivity contribution in [3.63, 3.8) is 0 Å². The SMILES string of the molecule is O=C1c2ccccc2-c2[nH]c3ccccc3c21. The number of H-pyrrole nitrogens is 1. The standard InChI is InChI=1S/C15H9NO/c17-15-10-6-2-1-5-9(10)14-13(15)11-7-3-4-8-12(11)16-14/h1-8,16H. The van der Waals surface area contributed by atoms with Crippen LogP contribution in [0.1, 0.15) is 15.9 Å². The Hall–Kier alpha value is -2.35. The van der Waals surface area contributed by atoms with E-state index in [9.17, 15) is 4.79 Å². The van der Waals surface area contributed by atoms with Crippen LogP contribution >= 0.6 is 0 Å². The van der Waals surface area contributed by atoms with E-state index in [-0.39, 0.29) is 5.78 Å². The van der Waals surface area contributed by atoms with Crippen molar-refractivity contribution in [2.45, 2.75) is 0 Å². The second kappa shape index (κ2) is 2.86. The van der Waals surface area contributed by atoms with E-state index in [0.29, 0.717) is 0 Å². The van der Waals surface area contributed by atoms with Crippen LogP contribution in [0.25, 0.3) is 22.2 Å². The molecule has 1 aliphatic carbocycles. The minimum absolute atomic E-state index is 0.132. The van der Waals surface area contributed by atoms with Gasteiger partial charge in [-0.05, 0) is 6.07 Å². The Morgan fingerprint density at radius 3 is 2.41 bits per heavy atom. The minimum atomic E-state index is 0.132. The molecule has 80 valence electrons. The van der Waals surface area contributed by atoms with Crippen LogP contribution in [-0.4, -0.2) is 10.8 Å². The lowest BCUT2D eigenvalue weighted by Gasteiger charge is -1.97. The fourth-order valence-corrected chi connectivity index (χ4v) is 2.61. The summed E-state index contributed by atoms with van der Waals surface area (Å²) in [7, 11) is 0. The molecule has 0 aliphatic heterocycles. The predicted octanol–water partition coefficient (Wildman–Crippen LogP) is 3.38. The molecule has 0 atom stereocenters. The molecule has 0 radical (unpaired) electrons.